The summed E-state index contributed by atoms with van der Waals surface area (Å²) in [7, 11) is 1.93. The maximum absolute atomic E-state index is 13.7. The van der Waals surface area contributed by atoms with Crippen molar-refractivity contribution in [3.8, 4) is 0 Å². The number of allylic oxidation sites excluding steroid dienone is 1. The van der Waals surface area contributed by atoms with Crippen LogP contribution in [0.2, 0.25) is 0 Å². The highest BCUT2D eigenvalue weighted by molar-refractivity contribution is 5.95. The minimum absolute atomic E-state index is 0.0171. The average molecular weight is 290 g/mol. The van der Waals surface area contributed by atoms with Gasteiger partial charge in [-0.3, -0.25) is 4.79 Å². The second kappa shape index (κ2) is 7.36. The number of nitrogens with zero attached hydrogens (tertiary/aromatic N) is 1. The molecule has 1 fully saturated rings. The van der Waals surface area contributed by atoms with Crippen molar-refractivity contribution in [2.75, 3.05) is 26.7 Å². The highest BCUT2D eigenvalue weighted by Crippen LogP contribution is 2.20. The standard InChI is InChI=1S/C17H23FN2O/c1-13(15-7-3-4-8-16(15)18)10-17(21)20-9-5-6-14(12-20)11-19-2/h3-4,7-8,10,14,19H,5-6,9,11-12H2,1-2H3. The summed E-state index contributed by atoms with van der Waals surface area (Å²) in [5, 5.41) is 3.17. The highest BCUT2D eigenvalue weighted by atomic mass is 19.1. The van der Waals surface area contributed by atoms with Crippen LogP contribution in [-0.2, 0) is 4.79 Å². The molecule has 1 aromatic carbocycles. The topological polar surface area (TPSA) is 32.3 Å². The van der Waals surface area contributed by atoms with Crippen LogP contribution in [-0.4, -0.2) is 37.5 Å². The van der Waals surface area contributed by atoms with Gasteiger partial charge in [0.1, 0.15) is 5.82 Å². The molecular weight excluding hydrogens is 267 g/mol. The summed E-state index contributed by atoms with van der Waals surface area (Å²) in [6.45, 7) is 4.28. The van der Waals surface area contributed by atoms with E-state index in [4.69, 9.17) is 0 Å². The second-order valence-electron chi connectivity index (χ2n) is 5.66. The van der Waals surface area contributed by atoms with Crippen molar-refractivity contribution in [3.05, 3.63) is 41.7 Å². The van der Waals surface area contributed by atoms with Crippen molar-refractivity contribution < 1.29 is 9.18 Å². The molecule has 4 heteroatoms. The van der Waals surface area contributed by atoms with Gasteiger partial charge in [0.15, 0.2) is 0 Å². The van der Waals surface area contributed by atoms with E-state index in [9.17, 15) is 9.18 Å². The molecule has 1 aliphatic heterocycles. The van der Waals surface area contributed by atoms with E-state index in [1.165, 1.54) is 6.07 Å². The smallest absolute Gasteiger partial charge is 0.246 e. The number of piperidine rings is 1. The Morgan fingerprint density at radius 2 is 2.24 bits per heavy atom. The highest BCUT2D eigenvalue weighted by Gasteiger charge is 2.22. The number of carbonyl (C=O) groups is 1. The molecule has 0 bridgehead atoms. The molecule has 1 atom stereocenters. The molecular formula is C17H23FN2O. The zero-order valence-electron chi connectivity index (χ0n) is 12.7. The number of likely N-dealkylation sites (tertiary alicyclic amines) is 1. The lowest BCUT2D eigenvalue weighted by Crippen LogP contribution is -2.41. The van der Waals surface area contributed by atoms with Crippen LogP contribution in [0.25, 0.3) is 5.57 Å². The normalized spacial score (nSPS) is 19.7. The predicted octanol–water partition coefficient (Wildman–Crippen LogP) is 2.69. The molecule has 0 aromatic heterocycles. The molecule has 0 saturated carbocycles. The number of benzene rings is 1. The molecule has 1 amide bonds. The molecule has 0 spiro atoms. The minimum Gasteiger partial charge on any atom is -0.339 e. The Hall–Kier alpha value is -1.68. The first kappa shape index (κ1) is 15.7. The van der Waals surface area contributed by atoms with E-state index in [2.05, 4.69) is 5.32 Å². The molecule has 0 aliphatic carbocycles. The van der Waals surface area contributed by atoms with Gasteiger partial charge in [0.25, 0.3) is 0 Å². The fourth-order valence-corrected chi connectivity index (χ4v) is 2.86. The molecule has 21 heavy (non-hydrogen) atoms. The van der Waals surface area contributed by atoms with Crippen LogP contribution in [0.5, 0.6) is 0 Å². The maximum atomic E-state index is 13.7. The van der Waals surface area contributed by atoms with Crippen LogP contribution in [0.1, 0.15) is 25.3 Å². The molecule has 1 saturated heterocycles. The van der Waals surface area contributed by atoms with Crippen molar-refractivity contribution in [1.29, 1.82) is 0 Å². The van der Waals surface area contributed by atoms with Gasteiger partial charge in [-0.15, -0.1) is 0 Å². The van der Waals surface area contributed by atoms with Crippen LogP contribution in [0.15, 0.2) is 30.3 Å². The largest absolute Gasteiger partial charge is 0.339 e. The van der Waals surface area contributed by atoms with Crippen LogP contribution in [0.3, 0.4) is 0 Å². The SMILES string of the molecule is CNCC1CCCN(C(=O)C=C(C)c2ccccc2F)C1. The molecule has 2 rings (SSSR count). The van der Waals surface area contributed by atoms with E-state index >= 15 is 0 Å². The van der Waals surface area contributed by atoms with Crippen LogP contribution in [0.4, 0.5) is 4.39 Å². The molecule has 0 radical (unpaired) electrons. The third kappa shape index (κ3) is 4.14. The Labute approximate surface area is 125 Å². The van der Waals surface area contributed by atoms with E-state index < -0.39 is 0 Å². The van der Waals surface area contributed by atoms with Gasteiger partial charge in [0.05, 0.1) is 0 Å². The first-order chi connectivity index (χ1) is 10.1. The summed E-state index contributed by atoms with van der Waals surface area (Å²) < 4.78 is 13.7. The Balaban J connectivity index is 2.06. The van der Waals surface area contributed by atoms with Crippen molar-refractivity contribution >= 4 is 11.5 Å². The zero-order chi connectivity index (χ0) is 15.2. The summed E-state index contributed by atoms with van der Waals surface area (Å²) in [6.07, 6.45) is 3.74. The fraction of sp³-hybridized carbons (Fsp3) is 0.471. The van der Waals surface area contributed by atoms with Gasteiger partial charge in [0.2, 0.25) is 5.91 Å². The van der Waals surface area contributed by atoms with Gasteiger partial charge in [-0.2, -0.15) is 0 Å². The van der Waals surface area contributed by atoms with Gasteiger partial charge in [0, 0.05) is 24.7 Å². The first-order valence-electron chi connectivity index (χ1n) is 7.48. The van der Waals surface area contributed by atoms with E-state index in [-0.39, 0.29) is 11.7 Å². The molecule has 114 valence electrons. The van der Waals surface area contributed by atoms with Gasteiger partial charge >= 0.3 is 0 Å². The Morgan fingerprint density at radius 3 is 2.95 bits per heavy atom. The molecule has 3 nitrogen and oxygen atoms in total. The average Bonchev–Trinajstić information content (AvgIpc) is 2.48. The molecule has 1 unspecified atom stereocenters. The number of hydrogen-bond acceptors (Lipinski definition) is 2. The molecule has 1 N–H and O–H groups in total. The molecule has 1 aromatic rings. The van der Waals surface area contributed by atoms with Crippen LogP contribution < -0.4 is 5.32 Å². The van der Waals surface area contributed by atoms with Crippen molar-refractivity contribution in [2.24, 2.45) is 5.92 Å². The first-order valence-corrected chi connectivity index (χ1v) is 7.48. The minimum atomic E-state index is -0.286. The lowest BCUT2D eigenvalue weighted by atomic mass is 9.97. The summed E-state index contributed by atoms with van der Waals surface area (Å²) in [4.78, 5) is 14.2. The summed E-state index contributed by atoms with van der Waals surface area (Å²) in [6, 6.07) is 6.56. The Morgan fingerprint density at radius 1 is 1.48 bits per heavy atom. The maximum Gasteiger partial charge on any atom is 0.246 e. The number of carbonyl (C=O) groups excluding carboxylic acids is 1. The lowest BCUT2D eigenvalue weighted by molar-refractivity contribution is -0.127. The zero-order valence-corrected chi connectivity index (χ0v) is 12.7. The second-order valence-corrected chi connectivity index (χ2v) is 5.66. The van der Waals surface area contributed by atoms with Gasteiger partial charge in [-0.05, 0) is 50.9 Å². The van der Waals surface area contributed by atoms with Crippen molar-refractivity contribution in [2.45, 2.75) is 19.8 Å². The quantitative estimate of drug-likeness (QED) is 0.865. The van der Waals surface area contributed by atoms with E-state index in [0.29, 0.717) is 17.1 Å². The Kier molecular flexibility index (Phi) is 5.51. The summed E-state index contributed by atoms with van der Waals surface area (Å²) in [5.74, 6) is 0.206. The van der Waals surface area contributed by atoms with Gasteiger partial charge in [-0.1, -0.05) is 18.2 Å². The molecule has 1 heterocycles. The van der Waals surface area contributed by atoms with E-state index in [1.54, 1.807) is 31.2 Å². The monoisotopic (exact) mass is 290 g/mol. The number of hydrogen-bond donors (Lipinski definition) is 1. The van der Waals surface area contributed by atoms with E-state index in [0.717, 1.165) is 32.5 Å². The third-order valence-electron chi connectivity index (χ3n) is 3.96. The van der Waals surface area contributed by atoms with Gasteiger partial charge in [-0.25, -0.2) is 4.39 Å². The van der Waals surface area contributed by atoms with Gasteiger partial charge < -0.3 is 10.2 Å². The lowest BCUT2D eigenvalue weighted by Gasteiger charge is -2.32. The Bertz CT molecular complexity index is 525. The summed E-state index contributed by atoms with van der Waals surface area (Å²) >= 11 is 0. The number of rotatable bonds is 4. The van der Waals surface area contributed by atoms with E-state index in [1.807, 2.05) is 11.9 Å². The predicted molar refractivity (Wildman–Crippen MR) is 83.3 cm³/mol. The molecule has 1 aliphatic rings. The number of amides is 1. The van der Waals surface area contributed by atoms with Crippen LogP contribution in [0, 0.1) is 11.7 Å². The number of nitrogens with one attached hydrogen (secondary N) is 1. The van der Waals surface area contributed by atoms with Crippen molar-refractivity contribution in [3.63, 3.8) is 0 Å². The third-order valence-corrected chi connectivity index (χ3v) is 3.96. The summed E-state index contributed by atoms with van der Waals surface area (Å²) in [5.41, 5.74) is 1.17. The van der Waals surface area contributed by atoms with Crippen molar-refractivity contribution in [1.82, 2.24) is 10.2 Å². The van der Waals surface area contributed by atoms with Crippen LogP contribution >= 0.6 is 0 Å². The number of halogens is 1. The fourth-order valence-electron chi connectivity index (χ4n) is 2.86.